The van der Waals surface area contributed by atoms with E-state index in [1.54, 1.807) is 0 Å². The zero-order chi connectivity index (χ0) is 27.2. The molecule has 1 fully saturated rings. The molecule has 224 valence electrons. The molecule has 0 atom stereocenters. The van der Waals surface area contributed by atoms with E-state index in [0.717, 1.165) is 25.8 Å². The first-order valence-corrected chi connectivity index (χ1v) is 17.8. The van der Waals surface area contributed by atoms with Gasteiger partial charge < -0.3 is 4.90 Å². The quantitative estimate of drug-likeness (QED) is 0.0844. The Morgan fingerprint density at radius 3 is 1.11 bits per heavy atom. The lowest BCUT2D eigenvalue weighted by Gasteiger charge is -2.08. The summed E-state index contributed by atoms with van der Waals surface area (Å²) in [6, 6.07) is 0. The summed E-state index contributed by atoms with van der Waals surface area (Å²) in [7, 11) is 0. The number of amides is 1. The van der Waals surface area contributed by atoms with Crippen molar-refractivity contribution in [2.24, 2.45) is 0 Å². The van der Waals surface area contributed by atoms with Crippen molar-refractivity contribution in [3.63, 3.8) is 0 Å². The predicted octanol–water partition coefficient (Wildman–Crippen LogP) is 12.5. The van der Waals surface area contributed by atoms with Crippen LogP contribution in [0.5, 0.6) is 0 Å². The Morgan fingerprint density at radius 1 is 0.500 bits per heavy atom. The Labute approximate surface area is 240 Å². The Morgan fingerprint density at radius 2 is 0.816 bits per heavy atom. The van der Waals surface area contributed by atoms with Crippen LogP contribution in [0.2, 0.25) is 0 Å². The number of hydrogen-bond donors (Lipinski definition) is 0. The molecule has 1 amide bonds. The van der Waals surface area contributed by atoms with E-state index in [-0.39, 0.29) is 0 Å². The van der Waals surface area contributed by atoms with Gasteiger partial charge in [0.25, 0.3) is 0 Å². The van der Waals surface area contributed by atoms with E-state index in [1.807, 2.05) is 11.1 Å². The molecule has 0 bridgehead atoms. The molecular formula is C36H69NO. The van der Waals surface area contributed by atoms with E-state index in [2.05, 4.69) is 13.0 Å². The van der Waals surface area contributed by atoms with E-state index in [0.29, 0.717) is 5.91 Å². The largest absolute Gasteiger partial charge is 0.319 e. The van der Waals surface area contributed by atoms with Crippen molar-refractivity contribution in [1.82, 2.24) is 4.90 Å². The Kier molecular flexibility index (Phi) is 27.1. The molecule has 0 aromatic heterocycles. The van der Waals surface area contributed by atoms with Gasteiger partial charge >= 0.3 is 0 Å². The highest BCUT2D eigenvalue weighted by Crippen LogP contribution is 2.16. The van der Waals surface area contributed by atoms with Crippen LogP contribution in [0.4, 0.5) is 0 Å². The van der Waals surface area contributed by atoms with Crippen LogP contribution in [-0.4, -0.2) is 17.4 Å². The first-order chi connectivity index (χ1) is 18.8. The van der Waals surface area contributed by atoms with Crippen LogP contribution < -0.4 is 0 Å². The van der Waals surface area contributed by atoms with Gasteiger partial charge in [0.15, 0.2) is 0 Å². The molecule has 1 heterocycles. The number of rotatable bonds is 30. The van der Waals surface area contributed by atoms with Crippen molar-refractivity contribution in [1.29, 1.82) is 0 Å². The normalized spacial score (nSPS) is 13.9. The molecule has 2 heteroatoms. The van der Waals surface area contributed by atoms with E-state index < -0.39 is 0 Å². The van der Waals surface area contributed by atoms with Crippen molar-refractivity contribution in [2.45, 2.75) is 206 Å². The maximum atomic E-state index is 11.5. The molecular weight excluding hydrogens is 462 g/mol. The molecule has 0 saturated carbocycles. The Bertz CT molecular complexity index is 513. The van der Waals surface area contributed by atoms with Crippen molar-refractivity contribution in [3.8, 4) is 0 Å². The number of carbonyl (C=O) groups excluding carboxylic acids is 1. The number of unbranched alkanes of at least 4 members (excludes halogenated alkanes) is 28. The van der Waals surface area contributed by atoms with Crippen LogP contribution in [-0.2, 0) is 4.79 Å². The molecule has 2 nitrogen and oxygen atoms in total. The third-order valence-electron chi connectivity index (χ3n) is 8.62. The third-order valence-corrected chi connectivity index (χ3v) is 8.62. The third kappa shape index (κ3) is 24.3. The highest BCUT2D eigenvalue weighted by molar-refractivity contribution is 5.79. The average Bonchev–Trinajstić information content (AvgIpc) is 3.34. The highest BCUT2D eigenvalue weighted by atomic mass is 16.2. The minimum absolute atomic E-state index is 0.302. The van der Waals surface area contributed by atoms with Crippen molar-refractivity contribution < 1.29 is 4.79 Å². The van der Waals surface area contributed by atoms with Gasteiger partial charge in [0.05, 0.1) is 0 Å². The van der Waals surface area contributed by atoms with Gasteiger partial charge in [-0.05, 0) is 19.3 Å². The minimum atomic E-state index is 0.302. The van der Waals surface area contributed by atoms with Crippen LogP contribution in [0.15, 0.2) is 12.3 Å². The van der Waals surface area contributed by atoms with Gasteiger partial charge in [-0.3, -0.25) is 4.79 Å². The Hall–Kier alpha value is -0.790. The molecule has 0 aliphatic carbocycles. The average molecular weight is 532 g/mol. The predicted molar refractivity (Wildman–Crippen MR) is 170 cm³/mol. The lowest BCUT2D eigenvalue weighted by molar-refractivity contribution is -0.125. The molecule has 0 N–H and O–H groups in total. The standard InChI is InChI=1S/C36H69NO/c1-2-3-4-5-6-7-8-9-10-11-12-13-14-15-16-17-18-19-20-21-22-23-24-25-26-27-28-29-30-31-34-37-35-32-33-36(37)38/h31,34H,2-30,32-33,35H2,1H3. The summed E-state index contributed by atoms with van der Waals surface area (Å²) in [6.07, 6.45) is 47.7. The van der Waals surface area contributed by atoms with E-state index in [4.69, 9.17) is 0 Å². The first-order valence-electron chi connectivity index (χ1n) is 17.8. The van der Waals surface area contributed by atoms with Crippen molar-refractivity contribution in [3.05, 3.63) is 12.3 Å². The molecule has 0 aromatic rings. The summed E-state index contributed by atoms with van der Waals surface area (Å²) in [5.41, 5.74) is 0. The van der Waals surface area contributed by atoms with Gasteiger partial charge in [-0.15, -0.1) is 0 Å². The van der Waals surface area contributed by atoms with Crippen LogP contribution in [0, 0.1) is 0 Å². The monoisotopic (exact) mass is 532 g/mol. The molecule has 38 heavy (non-hydrogen) atoms. The number of carbonyl (C=O) groups is 1. The smallest absolute Gasteiger partial charge is 0.226 e. The van der Waals surface area contributed by atoms with Gasteiger partial charge in [0.2, 0.25) is 5.91 Å². The second-order valence-corrected chi connectivity index (χ2v) is 12.4. The fraction of sp³-hybridized carbons (Fsp3) is 0.917. The lowest BCUT2D eigenvalue weighted by atomic mass is 10.0. The zero-order valence-electron chi connectivity index (χ0n) is 26.1. The SMILES string of the molecule is CCCCCCCCCCCCCCCCCCCCCCCCCCCCCCC=CN1CCCC1=O. The molecule has 1 saturated heterocycles. The minimum Gasteiger partial charge on any atom is -0.319 e. The van der Waals surface area contributed by atoms with Gasteiger partial charge in [-0.25, -0.2) is 0 Å². The van der Waals surface area contributed by atoms with Crippen molar-refractivity contribution >= 4 is 5.91 Å². The second kappa shape index (κ2) is 29.2. The summed E-state index contributed by atoms with van der Waals surface area (Å²) in [5, 5.41) is 0. The maximum absolute atomic E-state index is 11.5. The summed E-state index contributed by atoms with van der Waals surface area (Å²) in [5.74, 6) is 0.302. The van der Waals surface area contributed by atoms with E-state index in [1.165, 1.54) is 180 Å². The van der Waals surface area contributed by atoms with Gasteiger partial charge in [0, 0.05) is 19.2 Å². The molecule has 0 unspecified atom stereocenters. The van der Waals surface area contributed by atoms with Crippen LogP contribution in [0.25, 0.3) is 0 Å². The summed E-state index contributed by atoms with van der Waals surface area (Å²) < 4.78 is 0. The molecule has 1 rings (SSSR count). The number of nitrogens with zero attached hydrogens (tertiary/aromatic N) is 1. The van der Waals surface area contributed by atoms with Crippen LogP contribution in [0.1, 0.15) is 206 Å². The molecule has 1 aliphatic heterocycles. The zero-order valence-corrected chi connectivity index (χ0v) is 26.1. The molecule has 0 aromatic carbocycles. The fourth-order valence-electron chi connectivity index (χ4n) is 5.96. The topological polar surface area (TPSA) is 20.3 Å². The van der Waals surface area contributed by atoms with Gasteiger partial charge in [0.1, 0.15) is 0 Å². The molecule has 0 spiro atoms. The number of hydrogen-bond acceptors (Lipinski definition) is 1. The maximum Gasteiger partial charge on any atom is 0.226 e. The van der Waals surface area contributed by atoms with Gasteiger partial charge in [-0.1, -0.05) is 186 Å². The summed E-state index contributed by atoms with van der Waals surface area (Å²) in [4.78, 5) is 13.4. The second-order valence-electron chi connectivity index (χ2n) is 12.4. The summed E-state index contributed by atoms with van der Waals surface area (Å²) >= 11 is 0. The van der Waals surface area contributed by atoms with E-state index >= 15 is 0 Å². The van der Waals surface area contributed by atoms with Crippen LogP contribution >= 0.6 is 0 Å². The van der Waals surface area contributed by atoms with Gasteiger partial charge in [-0.2, -0.15) is 0 Å². The molecule has 0 radical (unpaired) electrons. The molecule has 1 aliphatic rings. The first kappa shape index (κ1) is 35.2. The Balaban J connectivity index is 1.63. The van der Waals surface area contributed by atoms with E-state index in [9.17, 15) is 4.79 Å². The number of allylic oxidation sites excluding steroid dienone is 1. The van der Waals surface area contributed by atoms with Crippen LogP contribution in [0.3, 0.4) is 0 Å². The fourth-order valence-corrected chi connectivity index (χ4v) is 5.96. The van der Waals surface area contributed by atoms with Crippen molar-refractivity contribution in [2.75, 3.05) is 6.54 Å². The number of likely N-dealkylation sites (tertiary alicyclic amines) is 1. The highest BCUT2D eigenvalue weighted by Gasteiger charge is 2.16. The summed E-state index contributed by atoms with van der Waals surface area (Å²) in [6.45, 7) is 3.23. The lowest BCUT2D eigenvalue weighted by Crippen LogP contribution is -2.17.